The molecule has 1 nitrogen and oxygen atoms in total. The lowest BCUT2D eigenvalue weighted by molar-refractivity contribution is 0.104. The van der Waals surface area contributed by atoms with Gasteiger partial charge >= 0.3 is 0 Å². The first-order valence-corrected chi connectivity index (χ1v) is 7.65. The topological polar surface area (TPSA) is 20.2 Å². The SMILES string of the molecule is OC(c1ccc(-c2ccccc2)cc1)C1CC2CC2C1. The van der Waals surface area contributed by atoms with E-state index in [2.05, 4.69) is 48.5 Å². The number of aliphatic hydroxyl groups excluding tert-OH is 1. The van der Waals surface area contributed by atoms with Gasteiger partial charge in [-0.2, -0.15) is 0 Å². The molecule has 20 heavy (non-hydrogen) atoms. The van der Waals surface area contributed by atoms with E-state index in [1.165, 1.54) is 30.4 Å². The number of fused-ring (bicyclic) bond motifs is 1. The van der Waals surface area contributed by atoms with Crippen LogP contribution in [0.4, 0.5) is 0 Å². The largest absolute Gasteiger partial charge is 0.388 e. The molecule has 2 aromatic carbocycles. The molecule has 0 heterocycles. The van der Waals surface area contributed by atoms with Crippen molar-refractivity contribution in [1.82, 2.24) is 0 Å². The van der Waals surface area contributed by atoms with Gasteiger partial charge in [-0.05, 0) is 53.7 Å². The summed E-state index contributed by atoms with van der Waals surface area (Å²) >= 11 is 0. The second-order valence-corrected chi connectivity index (χ2v) is 6.42. The van der Waals surface area contributed by atoms with Crippen LogP contribution in [0.15, 0.2) is 54.6 Å². The molecule has 0 saturated heterocycles. The van der Waals surface area contributed by atoms with Crippen LogP contribution >= 0.6 is 0 Å². The lowest BCUT2D eigenvalue weighted by Gasteiger charge is -2.20. The Morgan fingerprint density at radius 1 is 0.750 bits per heavy atom. The molecule has 2 aliphatic carbocycles. The van der Waals surface area contributed by atoms with Crippen molar-refractivity contribution in [1.29, 1.82) is 0 Å². The van der Waals surface area contributed by atoms with Crippen molar-refractivity contribution in [3.05, 3.63) is 60.2 Å². The fraction of sp³-hybridized carbons (Fsp3) is 0.368. The second-order valence-electron chi connectivity index (χ2n) is 6.42. The standard InChI is InChI=1S/C19H20O/c20-19(18-11-16-10-17(16)12-18)15-8-6-14(7-9-15)13-4-2-1-3-5-13/h1-9,16-20H,10-12H2. The summed E-state index contributed by atoms with van der Waals surface area (Å²) in [5, 5.41) is 10.5. The fourth-order valence-corrected chi connectivity index (χ4v) is 3.79. The van der Waals surface area contributed by atoms with Gasteiger partial charge < -0.3 is 5.11 Å². The van der Waals surface area contributed by atoms with Gasteiger partial charge in [-0.3, -0.25) is 0 Å². The van der Waals surface area contributed by atoms with Crippen LogP contribution in [0.25, 0.3) is 11.1 Å². The monoisotopic (exact) mass is 264 g/mol. The zero-order valence-electron chi connectivity index (χ0n) is 11.6. The maximum Gasteiger partial charge on any atom is 0.0818 e. The molecule has 2 saturated carbocycles. The first kappa shape index (κ1) is 12.2. The van der Waals surface area contributed by atoms with E-state index in [1.54, 1.807) is 0 Å². The zero-order chi connectivity index (χ0) is 13.5. The van der Waals surface area contributed by atoms with Gasteiger partial charge in [-0.15, -0.1) is 0 Å². The molecule has 2 aromatic rings. The van der Waals surface area contributed by atoms with Crippen LogP contribution < -0.4 is 0 Å². The second kappa shape index (κ2) is 4.75. The zero-order valence-corrected chi connectivity index (χ0v) is 11.6. The van der Waals surface area contributed by atoms with E-state index in [0.717, 1.165) is 17.4 Å². The third-order valence-electron chi connectivity index (χ3n) is 5.09. The average molecular weight is 264 g/mol. The summed E-state index contributed by atoms with van der Waals surface area (Å²) in [5.74, 6) is 2.35. The molecule has 0 amide bonds. The summed E-state index contributed by atoms with van der Waals surface area (Å²) in [6, 6.07) is 18.8. The summed E-state index contributed by atoms with van der Waals surface area (Å²) in [7, 11) is 0. The summed E-state index contributed by atoms with van der Waals surface area (Å²) < 4.78 is 0. The van der Waals surface area contributed by atoms with E-state index in [9.17, 15) is 5.11 Å². The van der Waals surface area contributed by atoms with Gasteiger partial charge in [0.15, 0.2) is 0 Å². The van der Waals surface area contributed by atoms with Crippen LogP contribution in [0.5, 0.6) is 0 Å². The summed E-state index contributed by atoms with van der Waals surface area (Å²) in [4.78, 5) is 0. The Balaban J connectivity index is 1.52. The Labute approximate surface area is 120 Å². The van der Waals surface area contributed by atoms with Crippen molar-refractivity contribution in [2.24, 2.45) is 17.8 Å². The molecule has 3 atom stereocenters. The summed E-state index contributed by atoms with van der Waals surface area (Å²) in [6.07, 6.45) is 3.60. The number of hydrogen-bond donors (Lipinski definition) is 1. The van der Waals surface area contributed by atoms with E-state index in [4.69, 9.17) is 0 Å². The lowest BCUT2D eigenvalue weighted by atomic mass is 9.91. The molecule has 0 aromatic heterocycles. The molecule has 102 valence electrons. The maximum atomic E-state index is 10.5. The van der Waals surface area contributed by atoms with Crippen LogP contribution in [0.2, 0.25) is 0 Å². The van der Waals surface area contributed by atoms with E-state index in [-0.39, 0.29) is 6.10 Å². The molecule has 2 aliphatic rings. The Morgan fingerprint density at radius 2 is 1.35 bits per heavy atom. The normalized spacial score (nSPS) is 28.9. The Kier molecular flexibility index (Phi) is 2.89. The highest BCUT2D eigenvalue weighted by atomic mass is 16.3. The van der Waals surface area contributed by atoms with E-state index in [0.29, 0.717) is 5.92 Å². The highest BCUT2D eigenvalue weighted by Crippen LogP contribution is 2.57. The predicted octanol–water partition coefficient (Wildman–Crippen LogP) is 4.43. The summed E-state index contributed by atoms with van der Waals surface area (Å²) in [5.41, 5.74) is 3.53. The quantitative estimate of drug-likeness (QED) is 0.869. The van der Waals surface area contributed by atoms with Crippen molar-refractivity contribution >= 4 is 0 Å². The number of hydrogen-bond acceptors (Lipinski definition) is 1. The molecule has 3 unspecified atom stereocenters. The Hall–Kier alpha value is -1.60. The van der Waals surface area contributed by atoms with Crippen molar-refractivity contribution in [3.8, 4) is 11.1 Å². The van der Waals surface area contributed by atoms with Crippen molar-refractivity contribution in [3.63, 3.8) is 0 Å². The first-order chi connectivity index (χ1) is 9.81. The van der Waals surface area contributed by atoms with Crippen molar-refractivity contribution in [2.75, 3.05) is 0 Å². The molecule has 0 bridgehead atoms. The van der Waals surface area contributed by atoms with Crippen LogP contribution in [0.1, 0.15) is 30.9 Å². The third-order valence-corrected chi connectivity index (χ3v) is 5.09. The fourth-order valence-electron chi connectivity index (χ4n) is 3.79. The predicted molar refractivity (Wildman–Crippen MR) is 81.2 cm³/mol. The number of aliphatic hydroxyl groups is 1. The van der Waals surface area contributed by atoms with Crippen LogP contribution in [-0.2, 0) is 0 Å². The molecular formula is C19H20O. The van der Waals surface area contributed by atoms with Gasteiger partial charge in [0.1, 0.15) is 0 Å². The average Bonchev–Trinajstić information content (AvgIpc) is 3.13. The van der Waals surface area contributed by atoms with Gasteiger partial charge in [-0.25, -0.2) is 0 Å². The molecule has 1 N–H and O–H groups in total. The first-order valence-electron chi connectivity index (χ1n) is 7.65. The van der Waals surface area contributed by atoms with Crippen LogP contribution in [0.3, 0.4) is 0 Å². The van der Waals surface area contributed by atoms with Crippen LogP contribution in [-0.4, -0.2) is 5.11 Å². The van der Waals surface area contributed by atoms with E-state index >= 15 is 0 Å². The molecule has 0 radical (unpaired) electrons. The van der Waals surface area contributed by atoms with Gasteiger partial charge in [0, 0.05) is 0 Å². The smallest absolute Gasteiger partial charge is 0.0818 e. The Bertz CT molecular complexity index is 577. The minimum atomic E-state index is -0.271. The molecule has 2 fully saturated rings. The molecule has 4 rings (SSSR count). The minimum absolute atomic E-state index is 0.271. The van der Waals surface area contributed by atoms with Gasteiger partial charge in [0.2, 0.25) is 0 Å². The van der Waals surface area contributed by atoms with Gasteiger partial charge in [0.05, 0.1) is 6.10 Å². The van der Waals surface area contributed by atoms with Gasteiger partial charge in [-0.1, -0.05) is 54.6 Å². The lowest BCUT2D eigenvalue weighted by Crippen LogP contribution is -2.10. The molecule has 1 heteroatoms. The van der Waals surface area contributed by atoms with Crippen molar-refractivity contribution in [2.45, 2.75) is 25.4 Å². The highest BCUT2D eigenvalue weighted by Gasteiger charge is 2.47. The number of rotatable bonds is 3. The van der Waals surface area contributed by atoms with Gasteiger partial charge in [0.25, 0.3) is 0 Å². The van der Waals surface area contributed by atoms with Crippen molar-refractivity contribution < 1.29 is 5.11 Å². The van der Waals surface area contributed by atoms with Crippen LogP contribution in [0, 0.1) is 17.8 Å². The van der Waals surface area contributed by atoms with E-state index < -0.39 is 0 Å². The Morgan fingerprint density at radius 3 is 2.00 bits per heavy atom. The third kappa shape index (κ3) is 2.16. The maximum absolute atomic E-state index is 10.5. The number of benzene rings is 2. The van der Waals surface area contributed by atoms with E-state index in [1.807, 2.05) is 6.07 Å². The highest BCUT2D eigenvalue weighted by molar-refractivity contribution is 5.63. The summed E-state index contributed by atoms with van der Waals surface area (Å²) in [6.45, 7) is 0. The molecule has 0 spiro atoms. The minimum Gasteiger partial charge on any atom is -0.388 e. The molecular weight excluding hydrogens is 244 g/mol. The molecule has 0 aliphatic heterocycles.